The van der Waals surface area contributed by atoms with Crippen LogP contribution in [0.4, 0.5) is 0 Å². The Balaban J connectivity index is 2.07. The van der Waals surface area contributed by atoms with E-state index in [9.17, 15) is 14.7 Å². The summed E-state index contributed by atoms with van der Waals surface area (Å²) in [6.07, 6.45) is 3.14. The Morgan fingerprint density at radius 1 is 1.48 bits per heavy atom. The van der Waals surface area contributed by atoms with Crippen LogP contribution in [0.2, 0.25) is 0 Å². The smallest absolute Gasteiger partial charge is 0.272 e. The standard InChI is InChI=1S/C16H26N4O3/c1-16(2,3)9-17-14(22)12-13(19-10-18-12)15(23)20-6-4-5-11(7-20)8-21/h10-11,21H,4-9H2,1-3H3,(H,17,22)(H,18,19)/t11-/m0/s1. The maximum Gasteiger partial charge on any atom is 0.272 e. The third-order valence-electron chi connectivity index (χ3n) is 3.91. The van der Waals surface area contributed by atoms with Gasteiger partial charge in [-0.1, -0.05) is 20.8 Å². The fraction of sp³-hybridized carbons (Fsp3) is 0.688. The molecule has 1 fully saturated rings. The minimum atomic E-state index is -0.347. The first-order valence-corrected chi connectivity index (χ1v) is 8.03. The number of nitrogens with one attached hydrogen (secondary N) is 2. The summed E-state index contributed by atoms with van der Waals surface area (Å²) in [4.78, 5) is 33.4. The van der Waals surface area contributed by atoms with E-state index < -0.39 is 0 Å². The fourth-order valence-electron chi connectivity index (χ4n) is 2.62. The van der Waals surface area contributed by atoms with Crippen LogP contribution < -0.4 is 5.32 Å². The molecule has 1 aromatic heterocycles. The second-order valence-corrected chi connectivity index (χ2v) is 7.31. The highest BCUT2D eigenvalue weighted by Gasteiger charge is 2.28. The van der Waals surface area contributed by atoms with Crippen LogP contribution in [0.5, 0.6) is 0 Å². The number of imidazole rings is 1. The molecule has 7 nitrogen and oxygen atoms in total. The molecule has 1 aliphatic rings. The zero-order valence-electron chi connectivity index (χ0n) is 14.1. The molecule has 1 atom stereocenters. The van der Waals surface area contributed by atoms with E-state index in [1.54, 1.807) is 4.90 Å². The van der Waals surface area contributed by atoms with Crippen LogP contribution in [-0.2, 0) is 0 Å². The second kappa shape index (κ2) is 7.12. The Labute approximate surface area is 136 Å². The number of carbonyl (C=O) groups is 2. The van der Waals surface area contributed by atoms with Crippen molar-refractivity contribution in [3.05, 3.63) is 17.7 Å². The lowest BCUT2D eigenvalue weighted by atomic mass is 9.97. The van der Waals surface area contributed by atoms with Crippen molar-refractivity contribution in [1.82, 2.24) is 20.2 Å². The topological polar surface area (TPSA) is 98.3 Å². The molecule has 3 N–H and O–H groups in total. The van der Waals surface area contributed by atoms with Gasteiger partial charge in [-0.15, -0.1) is 0 Å². The lowest BCUT2D eigenvalue weighted by Crippen LogP contribution is -2.42. The van der Waals surface area contributed by atoms with Crippen LogP contribution in [0.3, 0.4) is 0 Å². The average molecular weight is 322 g/mol. The van der Waals surface area contributed by atoms with Crippen molar-refractivity contribution in [1.29, 1.82) is 0 Å². The van der Waals surface area contributed by atoms with Crippen LogP contribution >= 0.6 is 0 Å². The minimum absolute atomic E-state index is 0.0443. The third-order valence-corrected chi connectivity index (χ3v) is 3.91. The first-order chi connectivity index (χ1) is 10.8. The number of nitrogens with zero attached hydrogens (tertiary/aromatic N) is 2. The van der Waals surface area contributed by atoms with E-state index in [4.69, 9.17) is 0 Å². The molecular weight excluding hydrogens is 296 g/mol. The van der Waals surface area contributed by atoms with Gasteiger partial charge in [-0.05, 0) is 24.2 Å². The zero-order valence-corrected chi connectivity index (χ0v) is 14.1. The van der Waals surface area contributed by atoms with Crippen LogP contribution in [0.25, 0.3) is 0 Å². The molecule has 0 unspecified atom stereocenters. The Morgan fingerprint density at radius 3 is 2.87 bits per heavy atom. The number of piperidine rings is 1. The lowest BCUT2D eigenvalue weighted by Gasteiger charge is -2.31. The highest BCUT2D eigenvalue weighted by Crippen LogP contribution is 2.19. The molecule has 2 amide bonds. The van der Waals surface area contributed by atoms with Gasteiger partial charge in [0.05, 0.1) is 6.33 Å². The molecule has 1 saturated heterocycles. The maximum absolute atomic E-state index is 12.6. The van der Waals surface area contributed by atoms with Gasteiger partial charge in [-0.3, -0.25) is 9.59 Å². The van der Waals surface area contributed by atoms with Gasteiger partial charge in [-0.2, -0.15) is 0 Å². The van der Waals surface area contributed by atoms with Gasteiger partial charge in [0.2, 0.25) is 0 Å². The summed E-state index contributed by atoms with van der Waals surface area (Å²) in [5.74, 6) is -0.476. The molecule has 128 valence electrons. The summed E-state index contributed by atoms with van der Waals surface area (Å²) in [7, 11) is 0. The molecule has 0 aliphatic carbocycles. The van der Waals surface area contributed by atoms with Gasteiger partial charge >= 0.3 is 0 Å². The van der Waals surface area contributed by atoms with Crippen molar-refractivity contribution < 1.29 is 14.7 Å². The van der Waals surface area contributed by atoms with Gasteiger partial charge in [0.1, 0.15) is 5.69 Å². The SMILES string of the molecule is CC(C)(C)CNC(=O)c1nc[nH]c1C(=O)N1CCC[C@H](CO)C1. The second-order valence-electron chi connectivity index (χ2n) is 7.31. The van der Waals surface area contributed by atoms with E-state index in [2.05, 4.69) is 15.3 Å². The van der Waals surface area contributed by atoms with Crippen molar-refractivity contribution in [2.75, 3.05) is 26.2 Å². The van der Waals surface area contributed by atoms with Crippen LogP contribution in [0, 0.1) is 11.3 Å². The molecule has 0 radical (unpaired) electrons. The normalized spacial score (nSPS) is 18.8. The Kier molecular flexibility index (Phi) is 5.41. The number of carbonyl (C=O) groups excluding carboxylic acids is 2. The molecule has 1 aliphatic heterocycles. The molecule has 23 heavy (non-hydrogen) atoms. The minimum Gasteiger partial charge on any atom is -0.396 e. The highest BCUT2D eigenvalue weighted by molar-refractivity contribution is 6.04. The molecule has 0 aromatic carbocycles. The zero-order chi connectivity index (χ0) is 17.0. The van der Waals surface area contributed by atoms with E-state index >= 15 is 0 Å². The first-order valence-electron chi connectivity index (χ1n) is 8.03. The molecule has 1 aromatic rings. The molecule has 7 heteroatoms. The van der Waals surface area contributed by atoms with E-state index in [1.807, 2.05) is 20.8 Å². The van der Waals surface area contributed by atoms with Crippen molar-refractivity contribution >= 4 is 11.8 Å². The summed E-state index contributed by atoms with van der Waals surface area (Å²) in [5, 5.41) is 12.1. The summed E-state index contributed by atoms with van der Waals surface area (Å²) in [6, 6.07) is 0. The first kappa shape index (κ1) is 17.5. The van der Waals surface area contributed by atoms with Crippen LogP contribution in [0.1, 0.15) is 54.6 Å². The number of hydrogen-bond donors (Lipinski definition) is 3. The van der Waals surface area contributed by atoms with Crippen molar-refractivity contribution in [3.8, 4) is 0 Å². The van der Waals surface area contributed by atoms with Crippen molar-refractivity contribution in [2.45, 2.75) is 33.6 Å². The number of H-pyrrole nitrogens is 1. The van der Waals surface area contributed by atoms with E-state index in [-0.39, 0.29) is 41.1 Å². The number of aromatic amines is 1. The van der Waals surface area contributed by atoms with Gasteiger partial charge in [0, 0.05) is 26.2 Å². The lowest BCUT2D eigenvalue weighted by molar-refractivity contribution is 0.0611. The molecule has 0 spiro atoms. The van der Waals surface area contributed by atoms with Crippen LogP contribution in [0.15, 0.2) is 6.33 Å². The number of aliphatic hydroxyl groups excluding tert-OH is 1. The van der Waals surface area contributed by atoms with Gasteiger partial charge in [0.25, 0.3) is 11.8 Å². The maximum atomic E-state index is 12.6. The summed E-state index contributed by atoms with van der Waals surface area (Å²) in [6.45, 7) is 7.79. The molecule has 0 saturated carbocycles. The third kappa shape index (κ3) is 4.54. The summed E-state index contributed by atoms with van der Waals surface area (Å²) < 4.78 is 0. The van der Waals surface area contributed by atoms with Crippen molar-refractivity contribution in [2.24, 2.45) is 11.3 Å². The van der Waals surface area contributed by atoms with Gasteiger partial charge in [-0.25, -0.2) is 4.98 Å². The van der Waals surface area contributed by atoms with Crippen molar-refractivity contribution in [3.63, 3.8) is 0 Å². The van der Waals surface area contributed by atoms with Gasteiger partial charge in [0.15, 0.2) is 5.69 Å². The fourth-order valence-corrected chi connectivity index (χ4v) is 2.62. The highest BCUT2D eigenvalue weighted by atomic mass is 16.3. The number of aliphatic hydroxyl groups is 1. The number of aromatic nitrogens is 2. The largest absolute Gasteiger partial charge is 0.396 e. The summed E-state index contributed by atoms with van der Waals surface area (Å²) >= 11 is 0. The molecule has 2 heterocycles. The predicted molar refractivity (Wildman–Crippen MR) is 86.1 cm³/mol. The quantitative estimate of drug-likeness (QED) is 0.771. The molecule has 0 bridgehead atoms. The molecule has 2 rings (SSSR count). The monoisotopic (exact) mass is 322 g/mol. The number of likely N-dealkylation sites (tertiary alicyclic amines) is 1. The number of rotatable bonds is 4. The predicted octanol–water partition coefficient (Wildman–Crippen LogP) is 1.03. The number of amides is 2. The molecular formula is C16H26N4O3. The van der Waals surface area contributed by atoms with E-state index in [0.717, 1.165) is 12.8 Å². The Morgan fingerprint density at radius 2 is 2.22 bits per heavy atom. The summed E-state index contributed by atoms with van der Waals surface area (Å²) in [5.41, 5.74) is 0.303. The van der Waals surface area contributed by atoms with Crippen LogP contribution in [-0.4, -0.2) is 58.0 Å². The van der Waals surface area contributed by atoms with E-state index in [1.165, 1.54) is 6.33 Å². The Bertz CT molecular complexity index is 562. The van der Waals surface area contributed by atoms with Gasteiger partial charge < -0.3 is 20.3 Å². The average Bonchev–Trinajstić information content (AvgIpc) is 3.00. The Hall–Kier alpha value is -1.89. The van der Waals surface area contributed by atoms with E-state index in [0.29, 0.717) is 19.6 Å². The number of hydrogen-bond acceptors (Lipinski definition) is 4.